The number of aromatic nitrogens is 3. The van der Waals surface area contributed by atoms with Crippen LogP contribution < -0.4 is 0 Å². The van der Waals surface area contributed by atoms with E-state index in [-0.39, 0.29) is 11.5 Å². The van der Waals surface area contributed by atoms with Crippen molar-refractivity contribution in [2.45, 2.75) is 45.9 Å². The number of ether oxygens (including phenoxy) is 1. The van der Waals surface area contributed by atoms with Crippen LogP contribution in [0.2, 0.25) is 0 Å². The van der Waals surface area contributed by atoms with Gasteiger partial charge in [0.25, 0.3) is 0 Å². The van der Waals surface area contributed by atoms with Crippen molar-refractivity contribution in [3.05, 3.63) is 47.0 Å². The first-order valence-electron chi connectivity index (χ1n) is 7.72. The normalized spacial score (nSPS) is 14.7. The quantitative estimate of drug-likeness (QED) is 0.744. The van der Waals surface area contributed by atoms with Gasteiger partial charge in [0.2, 0.25) is 0 Å². The predicted octanol–water partition coefficient (Wildman–Crippen LogP) is 3.60. The molecule has 2 atom stereocenters. The van der Waals surface area contributed by atoms with Gasteiger partial charge in [-0.1, -0.05) is 48.8 Å². The molecule has 0 amide bonds. The Hall–Kier alpha value is -1.24. The van der Waals surface area contributed by atoms with Crippen molar-refractivity contribution in [3.8, 4) is 0 Å². The van der Waals surface area contributed by atoms with Crippen LogP contribution >= 0.6 is 15.9 Å². The summed E-state index contributed by atoms with van der Waals surface area (Å²) in [4.78, 5) is 3.99. The van der Waals surface area contributed by atoms with Gasteiger partial charge in [-0.25, -0.2) is 9.67 Å². The maximum absolute atomic E-state index is 10.6. The van der Waals surface area contributed by atoms with Crippen molar-refractivity contribution in [1.82, 2.24) is 14.8 Å². The summed E-state index contributed by atoms with van der Waals surface area (Å²) in [6, 6.07) is 7.91. The van der Waals surface area contributed by atoms with E-state index in [4.69, 9.17) is 4.74 Å². The summed E-state index contributed by atoms with van der Waals surface area (Å²) in [5.74, 6) is 0. The van der Waals surface area contributed by atoms with E-state index in [0.29, 0.717) is 19.6 Å². The minimum atomic E-state index is -0.527. The molecule has 1 N–H and O–H groups in total. The highest BCUT2D eigenvalue weighted by Crippen LogP contribution is 2.30. The lowest BCUT2D eigenvalue weighted by atomic mass is 9.84. The molecule has 2 unspecified atom stereocenters. The van der Waals surface area contributed by atoms with Crippen LogP contribution in [0.5, 0.6) is 0 Å². The molecule has 5 nitrogen and oxygen atoms in total. The van der Waals surface area contributed by atoms with Gasteiger partial charge in [-0.2, -0.15) is 5.10 Å². The Morgan fingerprint density at radius 1 is 1.26 bits per heavy atom. The van der Waals surface area contributed by atoms with Gasteiger partial charge in [-0.15, -0.1) is 0 Å². The molecule has 0 fully saturated rings. The first-order valence-corrected chi connectivity index (χ1v) is 8.51. The van der Waals surface area contributed by atoms with E-state index in [0.717, 1.165) is 10.0 Å². The molecule has 0 bridgehead atoms. The molecule has 0 saturated heterocycles. The Kier molecular flexibility index (Phi) is 6.33. The molecule has 0 aliphatic rings. The highest BCUT2D eigenvalue weighted by molar-refractivity contribution is 9.10. The molecule has 0 radical (unpaired) electrons. The van der Waals surface area contributed by atoms with Crippen LogP contribution in [0.1, 0.15) is 38.8 Å². The van der Waals surface area contributed by atoms with Crippen LogP contribution in [0.3, 0.4) is 0 Å². The maximum Gasteiger partial charge on any atom is 0.137 e. The first kappa shape index (κ1) is 18.1. The molecule has 23 heavy (non-hydrogen) atoms. The van der Waals surface area contributed by atoms with Crippen molar-refractivity contribution in [2.24, 2.45) is 5.41 Å². The standard InChI is InChI=1S/C17H24BrN3O2/c1-17(2,3)16(22)15(21-12-19-11-20-21)8-9-23-10-13-4-6-14(18)7-5-13/h4-7,11-12,15-16,22H,8-10H2,1-3H3. The fourth-order valence-electron chi connectivity index (χ4n) is 2.38. The summed E-state index contributed by atoms with van der Waals surface area (Å²) in [7, 11) is 0. The van der Waals surface area contributed by atoms with E-state index in [1.54, 1.807) is 11.0 Å². The molecule has 2 aromatic rings. The van der Waals surface area contributed by atoms with Gasteiger partial charge in [-0.05, 0) is 29.5 Å². The average molecular weight is 382 g/mol. The van der Waals surface area contributed by atoms with Crippen molar-refractivity contribution in [1.29, 1.82) is 0 Å². The van der Waals surface area contributed by atoms with E-state index in [1.165, 1.54) is 6.33 Å². The van der Waals surface area contributed by atoms with Crippen LogP contribution in [0.25, 0.3) is 0 Å². The Labute approximate surface area is 145 Å². The van der Waals surface area contributed by atoms with E-state index in [1.807, 2.05) is 45.0 Å². The lowest BCUT2D eigenvalue weighted by Gasteiger charge is -2.32. The molecular weight excluding hydrogens is 358 g/mol. The molecule has 0 aliphatic heterocycles. The molecule has 126 valence electrons. The van der Waals surface area contributed by atoms with Gasteiger partial charge < -0.3 is 9.84 Å². The molecule has 2 rings (SSSR count). The largest absolute Gasteiger partial charge is 0.390 e. The fraction of sp³-hybridized carbons (Fsp3) is 0.529. The third kappa shape index (κ3) is 5.41. The van der Waals surface area contributed by atoms with Crippen LogP contribution in [0.4, 0.5) is 0 Å². The average Bonchev–Trinajstić information content (AvgIpc) is 3.01. The summed E-state index contributed by atoms with van der Waals surface area (Å²) in [5.41, 5.74) is 0.893. The molecule has 0 saturated carbocycles. The van der Waals surface area contributed by atoms with Gasteiger partial charge in [-0.3, -0.25) is 0 Å². The first-order chi connectivity index (χ1) is 10.9. The molecule has 1 aromatic heterocycles. The number of halogens is 1. The summed E-state index contributed by atoms with van der Waals surface area (Å²) in [6.45, 7) is 7.16. The molecular formula is C17H24BrN3O2. The van der Waals surface area contributed by atoms with Gasteiger partial charge in [0.15, 0.2) is 0 Å². The highest BCUT2D eigenvalue weighted by atomic mass is 79.9. The van der Waals surface area contributed by atoms with Gasteiger partial charge in [0, 0.05) is 11.1 Å². The van der Waals surface area contributed by atoms with Crippen molar-refractivity contribution in [2.75, 3.05) is 6.61 Å². The lowest BCUT2D eigenvalue weighted by molar-refractivity contribution is -0.00388. The minimum Gasteiger partial charge on any atom is -0.390 e. The maximum atomic E-state index is 10.6. The zero-order valence-electron chi connectivity index (χ0n) is 13.8. The predicted molar refractivity (Wildman–Crippen MR) is 92.9 cm³/mol. The number of rotatable bonds is 7. The second-order valence-electron chi connectivity index (χ2n) is 6.72. The second-order valence-corrected chi connectivity index (χ2v) is 7.64. The minimum absolute atomic E-state index is 0.151. The number of nitrogens with zero attached hydrogens (tertiary/aromatic N) is 3. The Bertz CT molecular complexity index is 579. The smallest absolute Gasteiger partial charge is 0.137 e. The summed E-state index contributed by atoms with van der Waals surface area (Å²) >= 11 is 3.42. The monoisotopic (exact) mass is 381 g/mol. The van der Waals surface area contributed by atoms with Crippen molar-refractivity contribution >= 4 is 15.9 Å². The number of hydrogen-bond acceptors (Lipinski definition) is 4. The van der Waals surface area contributed by atoms with E-state index < -0.39 is 6.10 Å². The molecule has 1 heterocycles. The van der Waals surface area contributed by atoms with Gasteiger partial charge >= 0.3 is 0 Å². The Morgan fingerprint density at radius 2 is 1.96 bits per heavy atom. The third-order valence-electron chi connectivity index (χ3n) is 3.77. The van der Waals surface area contributed by atoms with Crippen LogP contribution in [0.15, 0.2) is 41.4 Å². The molecule has 1 aromatic carbocycles. The van der Waals surface area contributed by atoms with E-state index in [2.05, 4.69) is 26.0 Å². The second kappa shape index (κ2) is 8.04. The van der Waals surface area contributed by atoms with Gasteiger partial charge in [0.1, 0.15) is 12.7 Å². The van der Waals surface area contributed by atoms with Gasteiger partial charge in [0.05, 0.1) is 18.8 Å². The number of hydrogen-bond donors (Lipinski definition) is 1. The topological polar surface area (TPSA) is 60.2 Å². The third-order valence-corrected chi connectivity index (χ3v) is 4.30. The molecule has 0 aliphatic carbocycles. The summed E-state index contributed by atoms with van der Waals surface area (Å²) in [5, 5.41) is 14.8. The number of aliphatic hydroxyl groups is 1. The zero-order chi connectivity index (χ0) is 16.9. The van der Waals surface area contributed by atoms with Crippen LogP contribution in [-0.4, -0.2) is 32.6 Å². The SMILES string of the molecule is CC(C)(C)C(O)C(CCOCc1ccc(Br)cc1)n1cncn1. The van der Waals surface area contributed by atoms with Crippen molar-refractivity contribution in [3.63, 3.8) is 0 Å². The van der Waals surface area contributed by atoms with Crippen LogP contribution in [-0.2, 0) is 11.3 Å². The Balaban J connectivity index is 1.90. The molecule has 6 heteroatoms. The number of benzene rings is 1. The van der Waals surface area contributed by atoms with E-state index >= 15 is 0 Å². The highest BCUT2D eigenvalue weighted by Gasteiger charge is 2.31. The van der Waals surface area contributed by atoms with Crippen molar-refractivity contribution < 1.29 is 9.84 Å². The summed E-state index contributed by atoms with van der Waals surface area (Å²) < 4.78 is 8.54. The lowest BCUT2D eigenvalue weighted by Crippen LogP contribution is -2.36. The zero-order valence-corrected chi connectivity index (χ0v) is 15.4. The fourth-order valence-corrected chi connectivity index (χ4v) is 2.64. The Morgan fingerprint density at radius 3 is 2.52 bits per heavy atom. The number of aliphatic hydroxyl groups excluding tert-OH is 1. The summed E-state index contributed by atoms with van der Waals surface area (Å²) in [6.07, 6.45) is 3.29. The molecule has 0 spiro atoms. The van der Waals surface area contributed by atoms with Crippen LogP contribution in [0, 0.1) is 5.41 Å². The van der Waals surface area contributed by atoms with E-state index in [9.17, 15) is 5.11 Å².